The molecule has 40 heavy (non-hydrogen) atoms. The molecule has 0 aliphatic carbocycles. The largest absolute Gasteiger partial charge is 0.348 e. The van der Waals surface area contributed by atoms with Crippen LogP contribution in [0.3, 0.4) is 0 Å². The third kappa shape index (κ3) is 5.02. The Bertz CT molecular complexity index is 1660. The standard InChI is InChI=1S/C38H46N2/c1-5-7-9-11-13-15-31-21-29-23-35-27(25-37(29)39(31)3)17-19-34-33(35)20-18-28-26-38-30(24-36(28)34)22-32(40(38)4)16-14-12-10-8-6-2/h17-26H,5-16H2,1-4H3. The maximum Gasteiger partial charge on any atom is 0.0486 e. The molecule has 0 bridgehead atoms. The maximum atomic E-state index is 2.44. The molecular weight excluding hydrogens is 484 g/mol. The fraction of sp³-hybridized carbons (Fsp3) is 0.421. The molecule has 0 unspecified atom stereocenters. The Morgan fingerprint density at radius 1 is 0.425 bits per heavy atom. The molecule has 2 heteroatoms. The lowest BCUT2D eigenvalue weighted by Crippen LogP contribution is -1.96. The quantitative estimate of drug-likeness (QED) is 0.110. The minimum atomic E-state index is 1.17. The van der Waals surface area contributed by atoms with E-state index in [1.165, 1.54) is 143 Å². The van der Waals surface area contributed by atoms with Crippen LogP contribution in [0.4, 0.5) is 0 Å². The van der Waals surface area contributed by atoms with Crippen LogP contribution in [0.1, 0.15) is 89.4 Å². The average molecular weight is 531 g/mol. The van der Waals surface area contributed by atoms with Crippen molar-refractivity contribution in [3.8, 4) is 0 Å². The molecule has 2 aromatic heterocycles. The first kappa shape index (κ1) is 26.9. The van der Waals surface area contributed by atoms with Crippen molar-refractivity contribution in [1.29, 1.82) is 0 Å². The molecule has 0 saturated heterocycles. The fourth-order valence-electron chi connectivity index (χ4n) is 6.95. The highest BCUT2D eigenvalue weighted by Gasteiger charge is 2.13. The molecule has 2 nitrogen and oxygen atoms in total. The fourth-order valence-corrected chi connectivity index (χ4v) is 6.95. The van der Waals surface area contributed by atoms with Gasteiger partial charge in [0, 0.05) is 47.3 Å². The SMILES string of the molecule is CCCCCCCc1cc2cc3c(ccc4c5cc6cc(CCCCCCC)n(C)c6cc5ccc34)cc2n1C. The second kappa shape index (κ2) is 11.7. The second-order valence-corrected chi connectivity index (χ2v) is 12.2. The van der Waals surface area contributed by atoms with Gasteiger partial charge in [-0.05, 0) is 94.4 Å². The first-order valence-electron chi connectivity index (χ1n) is 15.9. The highest BCUT2D eigenvalue weighted by Crippen LogP contribution is 2.36. The Morgan fingerprint density at radius 3 is 1.27 bits per heavy atom. The summed E-state index contributed by atoms with van der Waals surface area (Å²) in [7, 11) is 4.49. The molecule has 0 fully saturated rings. The number of aromatic nitrogens is 2. The Kier molecular flexibility index (Phi) is 7.87. The van der Waals surface area contributed by atoms with Crippen molar-refractivity contribution in [1.82, 2.24) is 9.13 Å². The van der Waals surface area contributed by atoms with Crippen LogP contribution in [0.2, 0.25) is 0 Å². The zero-order chi connectivity index (χ0) is 27.6. The normalized spacial score (nSPS) is 12.2. The summed E-state index contributed by atoms with van der Waals surface area (Å²) in [5, 5.41) is 10.9. The molecule has 0 aliphatic rings. The van der Waals surface area contributed by atoms with Crippen molar-refractivity contribution >= 4 is 54.1 Å². The summed E-state index contributed by atoms with van der Waals surface area (Å²) in [6.07, 6.45) is 15.6. The maximum absolute atomic E-state index is 2.44. The Morgan fingerprint density at radius 2 is 0.850 bits per heavy atom. The van der Waals surface area contributed by atoms with Crippen LogP contribution in [-0.2, 0) is 26.9 Å². The summed E-state index contributed by atoms with van der Waals surface area (Å²) in [6.45, 7) is 4.58. The highest BCUT2D eigenvalue weighted by atomic mass is 14.9. The average Bonchev–Trinajstić information content (AvgIpc) is 3.44. The number of nitrogens with zero attached hydrogens (tertiary/aromatic N) is 2. The molecule has 0 N–H and O–H groups in total. The summed E-state index contributed by atoms with van der Waals surface area (Å²) >= 11 is 0. The zero-order valence-corrected chi connectivity index (χ0v) is 25.2. The van der Waals surface area contributed by atoms with E-state index in [1.807, 2.05) is 0 Å². The van der Waals surface area contributed by atoms with Gasteiger partial charge in [0.15, 0.2) is 0 Å². The summed E-state index contributed by atoms with van der Waals surface area (Å²) < 4.78 is 4.85. The van der Waals surface area contributed by atoms with Gasteiger partial charge in [0.2, 0.25) is 0 Å². The molecule has 0 aliphatic heterocycles. The number of hydrogen-bond donors (Lipinski definition) is 0. The first-order chi connectivity index (χ1) is 19.6. The van der Waals surface area contributed by atoms with Crippen LogP contribution in [0.25, 0.3) is 54.1 Å². The van der Waals surface area contributed by atoms with Gasteiger partial charge in [0.05, 0.1) is 0 Å². The monoisotopic (exact) mass is 530 g/mol. The van der Waals surface area contributed by atoms with Crippen molar-refractivity contribution in [3.05, 3.63) is 72.1 Å². The Balaban J connectivity index is 1.36. The lowest BCUT2D eigenvalue weighted by atomic mass is 9.95. The lowest BCUT2D eigenvalue weighted by Gasteiger charge is -2.10. The smallest absolute Gasteiger partial charge is 0.0486 e. The summed E-state index contributed by atoms with van der Waals surface area (Å²) in [5.74, 6) is 0. The molecule has 6 rings (SSSR count). The third-order valence-electron chi connectivity index (χ3n) is 9.43. The molecule has 0 saturated carbocycles. The van der Waals surface area contributed by atoms with E-state index in [4.69, 9.17) is 0 Å². The van der Waals surface area contributed by atoms with Crippen molar-refractivity contribution in [3.63, 3.8) is 0 Å². The van der Waals surface area contributed by atoms with Crippen molar-refractivity contribution < 1.29 is 0 Å². The predicted octanol–water partition coefficient (Wildman–Crippen LogP) is 11.2. The number of aryl methyl sites for hydroxylation is 4. The number of hydrogen-bond acceptors (Lipinski definition) is 0. The molecule has 0 atom stereocenters. The minimum absolute atomic E-state index is 1.17. The molecule has 0 amide bonds. The van der Waals surface area contributed by atoms with E-state index in [0.717, 1.165) is 0 Å². The van der Waals surface area contributed by atoms with Crippen LogP contribution in [0, 0.1) is 0 Å². The molecule has 0 spiro atoms. The van der Waals surface area contributed by atoms with Gasteiger partial charge < -0.3 is 9.13 Å². The van der Waals surface area contributed by atoms with Crippen LogP contribution in [-0.4, -0.2) is 9.13 Å². The first-order valence-corrected chi connectivity index (χ1v) is 15.9. The van der Waals surface area contributed by atoms with E-state index in [0.29, 0.717) is 0 Å². The third-order valence-corrected chi connectivity index (χ3v) is 9.43. The predicted molar refractivity (Wildman–Crippen MR) is 177 cm³/mol. The Labute approximate surface area is 240 Å². The van der Waals surface area contributed by atoms with Gasteiger partial charge in [0.1, 0.15) is 0 Å². The number of fused-ring (bicyclic) bond motifs is 7. The summed E-state index contributed by atoms with van der Waals surface area (Å²) in [5.41, 5.74) is 5.63. The van der Waals surface area contributed by atoms with Crippen molar-refractivity contribution in [2.45, 2.75) is 90.9 Å². The molecule has 4 aromatic carbocycles. The van der Waals surface area contributed by atoms with Gasteiger partial charge in [-0.15, -0.1) is 0 Å². The zero-order valence-electron chi connectivity index (χ0n) is 25.2. The van der Waals surface area contributed by atoms with Gasteiger partial charge in [-0.1, -0.05) is 89.5 Å². The van der Waals surface area contributed by atoms with Gasteiger partial charge in [-0.2, -0.15) is 0 Å². The van der Waals surface area contributed by atoms with Gasteiger partial charge in [-0.3, -0.25) is 0 Å². The lowest BCUT2D eigenvalue weighted by molar-refractivity contribution is 0.622. The number of rotatable bonds is 12. The van der Waals surface area contributed by atoms with E-state index in [2.05, 4.69) is 97.7 Å². The molecule has 6 aromatic rings. The number of unbranched alkanes of at least 4 members (excludes halogenated alkanes) is 8. The van der Waals surface area contributed by atoms with E-state index in [9.17, 15) is 0 Å². The van der Waals surface area contributed by atoms with Crippen LogP contribution < -0.4 is 0 Å². The topological polar surface area (TPSA) is 9.86 Å². The van der Waals surface area contributed by atoms with Crippen LogP contribution >= 0.6 is 0 Å². The summed E-state index contributed by atoms with van der Waals surface area (Å²) in [6, 6.07) is 23.9. The molecule has 2 heterocycles. The highest BCUT2D eigenvalue weighted by molar-refractivity contribution is 6.20. The second-order valence-electron chi connectivity index (χ2n) is 12.2. The molecular formula is C38H46N2. The van der Waals surface area contributed by atoms with Gasteiger partial charge >= 0.3 is 0 Å². The minimum Gasteiger partial charge on any atom is -0.348 e. The van der Waals surface area contributed by atoms with E-state index in [1.54, 1.807) is 0 Å². The van der Waals surface area contributed by atoms with E-state index >= 15 is 0 Å². The Hall–Kier alpha value is -3.26. The summed E-state index contributed by atoms with van der Waals surface area (Å²) in [4.78, 5) is 0. The number of benzene rings is 4. The molecule has 0 radical (unpaired) electrons. The van der Waals surface area contributed by atoms with E-state index in [-0.39, 0.29) is 0 Å². The van der Waals surface area contributed by atoms with Crippen LogP contribution in [0.5, 0.6) is 0 Å². The van der Waals surface area contributed by atoms with Crippen molar-refractivity contribution in [2.24, 2.45) is 14.1 Å². The van der Waals surface area contributed by atoms with Gasteiger partial charge in [-0.25, -0.2) is 0 Å². The molecule has 208 valence electrons. The van der Waals surface area contributed by atoms with E-state index < -0.39 is 0 Å². The van der Waals surface area contributed by atoms with Crippen molar-refractivity contribution in [2.75, 3.05) is 0 Å². The van der Waals surface area contributed by atoms with Gasteiger partial charge in [0.25, 0.3) is 0 Å². The van der Waals surface area contributed by atoms with Crippen LogP contribution in [0.15, 0.2) is 60.7 Å².